The quantitative estimate of drug-likeness (QED) is 0.225. The zero-order valence-corrected chi connectivity index (χ0v) is 20.5. The minimum absolute atomic E-state index is 0.281. The zero-order valence-electron chi connectivity index (χ0n) is 19.7. The van der Waals surface area contributed by atoms with Crippen LogP contribution in [-0.4, -0.2) is 34.1 Å². The van der Waals surface area contributed by atoms with Crippen molar-refractivity contribution in [2.24, 2.45) is 0 Å². The molecule has 0 amide bonds. The van der Waals surface area contributed by atoms with E-state index in [1.165, 1.54) is 32.1 Å². The Kier molecular flexibility index (Phi) is 12.6. The van der Waals surface area contributed by atoms with Crippen molar-refractivity contribution in [3.8, 4) is 0 Å². The lowest BCUT2D eigenvalue weighted by atomic mass is 10.1. The van der Waals surface area contributed by atoms with Crippen molar-refractivity contribution < 1.29 is 17.9 Å². The molecule has 6 nitrogen and oxygen atoms in total. The lowest BCUT2D eigenvalue weighted by Gasteiger charge is -2.08. The summed E-state index contributed by atoms with van der Waals surface area (Å²) in [5.74, 6) is -0.281. The second kappa shape index (κ2) is 15.5. The lowest BCUT2D eigenvalue weighted by molar-refractivity contribution is 0.0526. The van der Waals surface area contributed by atoms with E-state index in [2.05, 4.69) is 10.0 Å². The van der Waals surface area contributed by atoms with E-state index in [0.717, 1.165) is 37.9 Å². The molecule has 0 aromatic heterocycles. The van der Waals surface area contributed by atoms with Crippen molar-refractivity contribution in [3.63, 3.8) is 0 Å². The van der Waals surface area contributed by atoms with Gasteiger partial charge in [0.05, 0.1) is 17.1 Å². The number of sulfonamides is 1. The van der Waals surface area contributed by atoms with Crippen molar-refractivity contribution in [3.05, 3.63) is 60.2 Å². The average Bonchev–Trinajstić information content (AvgIpc) is 2.83. The molecular weight excluding hydrogens is 436 g/mol. The van der Waals surface area contributed by atoms with Gasteiger partial charge >= 0.3 is 5.97 Å². The van der Waals surface area contributed by atoms with E-state index in [1.54, 1.807) is 43.3 Å². The Hall–Kier alpha value is -2.38. The maximum atomic E-state index is 12.1. The molecular formula is C26H38N2O4S. The van der Waals surface area contributed by atoms with Crippen molar-refractivity contribution in [1.82, 2.24) is 4.72 Å². The maximum Gasteiger partial charge on any atom is 0.338 e. The third-order valence-corrected chi connectivity index (χ3v) is 6.90. The molecule has 7 heteroatoms. The molecule has 0 unspecified atom stereocenters. The molecule has 182 valence electrons. The van der Waals surface area contributed by atoms with Gasteiger partial charge in [0.1, 0.15) is 0 Å². The summed E-state index contributed by atoms with van der Waals surface area (Å²) in [4.78, 5) is 12.0. The van der Waals surface area contributed by atoms with E-state index in [1.807, 2.05) is 18.2 Å². The number of hydrogen-bond donors (Lipinski definition) is 2. The monoisotopic (exact) mass is 474 g/mol. The van der Waals surface area contributed by atoms with Crippen molar-refractivity contribution in [1.29, 1.82) is 0 Å². The number of esters is 1. The van der Waals surface area contributed by atoms with Gasteiger partial charge in [-0.25, -0.2) is 17.9 Å². The highest BCUT2D eigenvalue weighted by atomic mass is 32.2. The van der Waals surface area contributed by atoms with Crippen LogP contribution in [0, 0.1) is 0 Å². The van der Waals surface area contributed by atoms with Crippen LogP contribution in [-0.2, 0) is 14.8 Å². The molecule has 2 N–H and O–H groups in total. The molecule has 0 aliphatic heterocycles. The molecule has 33 heavy (non-hydrogen) atoms. The van der Waals surface area contributed by atoms with Crippen LogP contribution < -0.4 is 10.0 Å². The maximum absolute atomic E-state index is 12.1. The van der Waals surface area contributed by atoms with Crippen molar-refractivity contribution in [2.75, 3.05) is 25.0 Å². The first-order valence-corrected chi connectivity index (χ1v) is 13.6. The van der Waals surface area contributed by atoms with E-state index < -0.39 is 10.0 Å². The van der Waals surface area contributed by atoms with E-state index in [9.17, 15) is 13.2 Å². The summed E-state index contributed by atoms with van der Waals surface area (Å²) in [6.45, 7) is 3.61. The number of unbranched alkanes of at least 4 members (excludes halogenated alkanes) is 8. The van der Waals surface area contributed by atoms with Crippen LogP contribution >= 0.6 is 0 Å². The number of carbonyl (C=O) groups is 1. The van der Waals surface area contributed by atoms with Gasteiger partial charge in [-0.2, -0.15) is 0 Å². The van der Waals surface area contributed by atoms with Gasteiger partial charge in [0.15, 0.2) is 0 Å². The van der Waals surface area contributed by atoms with Gasteiger partial charge in [-0.15, -0.1) is 0 Å². The molecule has 0 saturated carbocycles. The fourth-order valence-corrected chi connectivity index (χ4v) is 4.64. The Morgan fingerprint density at radius 3 is 1.88 bits per heavy atom. The molecule has 0 bridgehead atoms. The van der Waals surface area contributed by atoms with Crippen LogP contribution in [0.1, 0.15) is 75.1 Å². The van der Waals surface area contributed by atoms with Gasteiger partial charge in [0, 0.05) is 18.8 Å². The summed E-state index contributed by atoms with van der Waals surface area (Å²) in [6, 6.07) is 15.9. The number of nitrogens with one attached hydrogen (secondary N) is 2. The van der Waals surface area contributed by atoms with Crippen LogP contribution in [0.2, 0.25) is 0 Å². The number of ether oxygens (including phenoxy) is 1. The topological polar surface area (TPSA) is 84.5 Å². The van der Waals surface area contributed by atoms with Crippen LogP contribution in [0.25, 0.3) is 0 Å². The highest BCUT2D eigenvalue weighted by molar-refractivity contribution is 7.89. The molecule has 0 saturated heterocycles. The van der Waals surface area contributed by atoms with Crippen LogP contribution in [0.5, 0.6) is 0 Å². The normalized spacial score (nSPS) is 11.3. The van der Waals surface area contributed by atoms with E-state index in [0.29, 0.717) is 23.6 Å². The van der Waals surface area contributed by atoms with Crippen LogP contribution in [0.4, 0.5) is 5.69 Å². The van der Waals surface area contributed by atoms with Gasteiger partial charge in [0.25, 0.3) is 0 Å². The van der Waals surface area contributed by atoms with Crippen molar-refractivity contribution in [2.45, 2.75) is 69.6 Å². The predicted molar refractivity (Wildman–Crippen MR) is 134 cm³/mol. The van der Waals surface area contributed by atoms with Crippen molar-refractivity contribution >= 4 is 21.7 Å². The highest BCUT2D eigenvalue weighted by Crippen LogP contribution is 2.13. The lowest BCUT2D eigenvalue weighted by Crippen LogP contribution is -2.24. The van der Waals surface area contributed by atoms with Crippen LogP contribution in [0.3, 0.4) is 0 Å². The van der Waals surface area contributed by atoms with Crippen LogP contribution in [0.15, 0.2) is 59.5 Å². The Balaban J connectivity index is 1.40. The minimum atomic E-state index is -3.37. The molecule has 2 aromatic rings. The number of carbonyl (C=O) groups excluding carboxylic acids is 1. The third kappa shape index (κ3) is 10.9. The second-order valence-electron chi connectivity index (χ2n) is 8.12. The fourth-order valence-electron chi connectivity index (χ4n) is 3.55. The SMILES string of the molecule is CCOC(=O)c1ccc(NCCCCCCCCCCCNS(=O)(=O)c2ccccc2)cc1. The first kappa shape index (κ1) is 26.9. The number of hydrogen-bond acceptors (Lipinski definition) is 5. The van der Waals surface area contributed by atoms with E-state index in [4.69, 9.17) is 4.74 Å². The molecule has 0 heterocycles. The summed E-state index contributed by atoms with van der Waals surface area (Å²) in [5, 5.41) is 3.39. The van der Waals surface area contributed by atoms with Gasteiger partial charge in [0.2, 0.25) is 10.0 Å². The molecule has 0 aliphatic carbocycles. The Morgan fingerprint density at radius 1 is 0.758 bits per heavy atom. The summed E-state index contributed by atoms with van der Waals surface area (Å²) in [6.07, 6.45) is 10.3. The van der Waals surface area contributed by atoms with E-state index >= 15 is 0 Å². The Bertz CT molecular complexity index is 900. The first-order valence-electron chi connectivity index (χ1n) is 12.1. The number of benzene rings is 2. The molecule has 0 radical (unpaired) electrons. The molecule has 2 rings (SSSR count). The number of anilines is 1. The summed E-state index contributed by atoms with van der Waals surface area (Å²) >= 11 is 0. The number of rotatable bonds is 17. The third-order valence-electron chi connectivity index (χ3n) is 5.42. The molecule has 2 aromatic carbocycles. The molecule has 0 atom stereocenters. The summed E-state index contributed by atoms with van der Waals surface area (Å²) in [5.41, 5.74) is 1.60. The summed E-state index contributed by atoms with van der Waals surface area (Å²) in [7, 11) is -3.37. The average molecular weight is 475 g/mol. The standard InChI is InChI=1S/C26H38N2O4S/c1-2-32-26(29)23-17-19-24(20-18-23)27-21-13-8-6-4-3-5-7-9-14-22-28-33(30,31)25-15-11-10-12-16-25/h10-12,15-20,27-28H,2-9,13-14,21-22H2,1H3. The van der Waals surface area contributed by atoms with E-state index in [-0.39, 0.29) is 5.97 Å². The largest absolute Gasteiger partial charge is 0.462 e. The Morgan fingerprint density at radius 2 is 1.30 bits per heavy atom. The summed E-state index contributed by atoms with van der Waals surface area (Å²) < 4.78 is 31.9. The van der Waals surface area contributed by atoms with Gasteiger partial charge in [-0.3, -0.25) is 0 Å². The van der Waals surface area contributed by atoms with Gasteiger partial charge in [-0.1, -0.05) is 63.1 Å². The molecule has 0 aliphatic rings. The minimum Gasteiger partial charge on any atom is -0.462 e. The molecule has 0 spiro atoms. The molecule has 0 fully saturated rings. The highest BCUT2D eigenvalue weighted by Gasteiger charge is 2.11. The Labute approximate surface area is 199 Å². The van der Waals surface area contributed by atoms with Gasteiger partial charge in [-0.05, 0) is 56.2 Å². The zero-order chi connectivity index (χ0) is 23.8. The predicted octanol–water partition coefficient (Wildman–Crippen LogP) is 5.76. The fraction of sp³-hybridized carbons (Fsp3) is 0.500. The first-order chi connectivity index (χ1) is 16.0. The van der Waals surface area contributed by atoms with Gasteiger partial charge < -0.3 is 10.1 Å². The smallest absolute Gasteiger partial charge is 0.338 e. The second-order valence-corrected chi connectivity index (χ2v) is 9.88.